The van der Waals surface area contributed by atoms with E-state index in [9.17, 15) is 5.11 Å². The molecular weight excluding hydrogens is 622 g/mol. The first-order valence-electron chi connectivity index (χ1n) is 17.4. The van der Waals surface area contributed by atoms with Crippen LogP contribution in [0.2, 0.25) is 0 Å². The molecule has 10 heteroatoms. The summed E-state index contributed by atoms with van der Waals surface area (Å²) in [6.45, 7) is 4.96. The summed E-state index contributed by atoms with van der Waals surface area (Å²) in [7, 11) is 2.21. The molecule has 5 aliphatic rings. The third kappa shape index (κ3) is 6.01. The predicted octanol–water partition coefficient (Wildman–Crippen LogP) is 4.98. The lowest BCUT2D eigenvalue weighted by molar-refractivity contribution is 0.0517. The average molecular weight is 665 g/mol. The van der Waals surface area contributed by atoms with Crippen molar-refractivity contribution in [2.45, 2.75) is 69.1 Å². The molecule has 4 atom stereocenters. The smallest absolute Gasteiger partial charge is 0.319 e. The summed E-state index contributed by atoms with van der Waals surface area (Å²) in [5.41, 5.74) is 0.778. The van der Waals surface area contributed by atoms with Gasteiger partial charge in [-0.3, -0.25) is 4.90 Å². The molecular formula is C39H42F2N6O2. The van der Waals surface area contributed by atoms with Crippen LogP contribution in [0.1, 0.15) is 49.7 Å². The molecule has 4 aliphatic heterocycles. The minimum absolute atomic E-state index is 0.0177. The van der Waals surface area contributed by atoms with Gasteiger partial charge in [0.1, 0.15) is 22.9 Å². The lowest BCUT2D eigenvalue weighted by Crippen LogP contribution is -2.54. The third-order valence-corrected chi connectivity index (χ3v) is 11.3. The number of allylic oxidation sites excluding steroid dienone is 1. The Balaban J connectivity index is 1.19. The largest absolute Gasteiger partial charge is 0.508 e. The van der Waals surface area contributed by atoms with Crippen LogP contribution in [0, 0.1) is 41.7 Å². The fourth-order valence-corrected chi connectivity index (χ4v) is 8.76. The number of phenols is 1. The van der Waals surface area contributed by atoms with Crippen molar-refractivity contribution in [2.75, 3.05) is 51.3 Å². The summed E-state index contributed by atoms with van der Waals surface area (Å²) in [5, 5.41) is 14.5. The number of rotatable bonds is 9. The van der Waals surface area contributed by atoms with Gasteiger partial charge in [-0.15, -0.1) is 18.8 Å². The van der Waals surface area contributed by atoms with Gasteiger partial charge in [-0.1, -0.05) is 5.92 Å². The third-order valence-electron chi connectivity index (χ3n) is 11.3. The van der Waals surface area contributed by atoms with Crippen LogP contribution in [0.3, 0.4) is 0 Å². The topological polar surface area (TPSA) is 77.0 Å². The van der Waals surface area contributed by atoms with E-state index in [2.05, 4.69) is 43.9 Å². The summed E-state index contributed by atoms with van der Waals surface area (Å²) in [4.78, 5) is 16.7. The van der Waals surface area contributed by atoms with Gasteiger partial charge >= 0.3 is 6.01 Å². The van der Waals surface area contributed by atoms with Crippen LogP contribution in [-0.2, 0) is 6.42 Å². The second kappa shape index (κ2) is 12.6. The minimum atomic E-state index is -0.854. The molecule has 2 aromatic carbocycles. The van der Waals surface area contributed by atoms with Crippen LogP contribution < -0.4 is 15.0 Å². The molecule has 49 heavy (non-hydrogen) atoms. The zero-order valence-corrected chi connectivity index (χ0v) is 27.9. The Morgan fingerprint density at radius 1 is 1.04 bits per heavy atom. The van der Waals surface area contributed by atoms with E-state index >= 15 is 8.78 Å². The summed E-state index contributed by atoms with van der Waals surface area (Å²) in [6, 6.07) is 5.94. The molecule has 4 saturated heterocycles. The van der Waals surface area contributed by atoms with Gasteiger partial charge in [-0.2, -0.15) is 9.97 Å². The summed E-state index contributed by atoms with van der Waals surface area (Å²) < 4.78 is 39.7. The molecule has 1 aromatic heterocycles. The minimum Gasteiger partial charge on any atom is -0.508 e. The standard InChI is InChI=1S/C39H42F2N6O2/c1-4-6-8-24-15-29(48)16-31(30(24)7-5-2)34-33(40)17-32-36(35(34)41)43-38(44-37(32)46-18-25-9-10-26(19-46)42-25)49-23-39(13-14-39)22-47-27-11-12-28(47)21-45(3)20-27/h1-2,6,8,15-17,25-28,42,48H,7,9-14,18-23H2,3H3/b8-6-. The molecule has 0 amide bonds. The fourth-order valence-electron chi connectivity index (χ4n) is 8.76. The van der Waals surface area contributed by atoms with Gasteiger partial charge in [0.25, 0.3) is 0 Å². The molecule has 4 bridgehead atoms. The van der Waals surface area contributed by atoms with E-state index in [1.807, 2.05) is 0 Å². The molecule has 8 nitrogen and oxygen atoms in total. The maximum atomic E-state index is 17.0. The van der Waals surface area contributed by atoms with E-state index in [0.29, 0.717) is 48.7 Å². The molecule has 3 aromatic rings. The van der Waals surface area contributed by atoms with Crippen LogP contribution in [0.25, 0.3) is 28.1 Å². The zero-order valence-electron chi connectivity index (χ0n) is 27.9. The number of ether oxygens (including phenoxy) is 1. The Kier molecular flexibility index (Phi) is 8.22. The average Bonchev–Trinajstić information content (AvgIpc) is 3.71. The second-order valence-corrected chi connectivity index (χ2v) is 14.8. The van der Waals surface area contributed by atoms with Crippen molar-refractivity contribution in [2.24, 2.45) is 5.41 Å². The number of nitrogens with zero attached hydrogens (tertiary/aromatic N) is 5. The predicted molar refractivity (Wildman–Crippen MR) is 187 cm³/mol. The molecule has 5 heterocycles. The molecule has 8 rings (SSSR count). The van der Waals surface area contributed by atoms with E-state index in [0.717, 1.165) is 45.3 Å². The number of aromatic nitrogens is 2. The van der Waals surface area contributed by atoms with E-state index in [1.54, 1.807) is 6.08 Å². The molecule has 1 saturated carbocycles. The van der Waals surface area contributed by atoms with E-state index in [4.69, 9.17) is 22.6 Å². The number of halogens is 2. The number of fused-ring (bicyclic) bond motifs is 5. The number of phenolic OH excluding ortho intramolecular Hbond substituents is 1. The van der Waals surface area contributed by atoms with E-state index in [1.165, 1.54) is 37.1 Å². The molecule has 0 spiro atoms. The molecule has 5 fully saturated rings. The Morgan fingerprint density at radius 3 is 2.45 bits per heavy atom. The summed E-state index contributed by atoms with van der Waals surface area (Å²) >= 11 is 0. The van der Waals surface area contributed by atoms with Crippen molar-refractivity contribution in [1.29, 1.82) is 0 Å². The molecule has 2 N–H and O–H groups in total. The molecule has 1 aliphatic carbocycles. The number of anilines is 1. The summed E-state index contributed by atoms with van der Waals surface area (Å²) in [5.74, 6) is 3.66. The van der Waals surface area contributed by atoms with Crippen molar-refractivity contribution >= 4 is 22.8 Å². The van der Waals surface area contributed by atoms with Crippen LogP contribution in [0.4, 0.5) is 14.6 Å². The van der Waals surface area contributed by atoms with Gasteiger partial charge in [-0.25, -0.2) is 8.78 Å². The number of benzene rings is 2. The number of nitrogens with one attached hydrogen (secondary N) is 1. The highest BCUT2D eigenvalue weighted by Gasteiger charge is 2.50. The van der Waals surface area contributed by atoms with Crippen LogP contribution in [0.5, 0.6) is 11.8 Å². The lowest BCUT2D eigenvalue weighted by atomic mass is 9.91. The first-order chi connectivity index (χ1) is 23.7. The SMILES string of the molecule is C#C/C=C\c1cc(O)cc(-c2c(F)cc3c(N4CC5CCC(C4)N5)nc(OCC4(CN5C6CCC5CN(C)C6)CC4)nc3c2F)c1CC#C. The van der Waals surface area contributed by atoms with Gasteiger partial charge in [-0.05, 0) is 92.6 Å². The van der Waals surface area contributed by atoms with Crippen LogP contribution in [0.15, 0.2) is 24.3 Å². The number of aromatic hydroxyl groups is 1. The first-order valence-corrected chi connectivity index (χ1v) is 17.4. The Morgan fingerprint density at radius 2 is 1.78 bits per heavy atom. The monoisotopic (exact) mass is 664 g/mol. The van der Waals surface area contributed by atoms with E-state index in [-0.39, 0.29) is 57.7 Å². The maximum Gasteiger partial charge on any atom is 0.319 e. The lowest BCUT2D eigenvalue weighted by Gasteiger charge is -2.41. The van der Waals surface area contributed by atoms with Crippen molar-refractivity contribution < 1.29 is 18.6 Å². The number of terminal acetylenes is 2. The normalized spacial score (nSPS) is 25.9. The number of hydrogen-bond acceptors (Lipinski definition) is 8. The number of likely N-dealkylation sites (tertiary alicyclic amines) is 1. The van der Waals surface area contributed by atoms with Crippen molar-refractivity contribution in [3.8, 4) is 47.6 Å². The van der Waals surface area contributed by atoms with E-state index < -0.39 is 11.6 Å². The van der Waals surface area contributed by atoms with Gasteiger partial charge in [0.15, 0.2) is 5.82 Å². The van der Waals surface area contributed by atoms with Gasteiger partial charge < -0.3 is 25.0 Å². The highest BCUT2D eigenvalue weighted by molar-refractivity contribution is 5.94. The Hall–Kier alpha value is -4.22. The van der Waals surface area contributed by atoms with Gasteiger partial charge in [0, 0.05) is 74.1 Å². The maximum absolute atomic E-state index is 17.0. The van der Waals surface area contributed by atoms with Crippen molar-refractivity contribution in [3.05, 3.63) is 47.0 Å². The number of piperazine rings is 2. The molecule has 254 valence electrons. The highest BCUT2D eigenvalue weighted by Crippen LogP contribution is 2.49. The second-order valence-electron chi connectivity index (χ2n) is 14.8. The van der Waals surface area contributed by atoms with Crippen LogP contribution >= 0.6 is 0 Å². The summed E-state index contributed by atoms with van der Waals surface area (Å²) in [6.07, 6.45) is 20.9. The Bertz CT molecular complexity index is 1890. The van der Waals surface area contributed by atoms with Gasteiger partial charge in [0.2, 0.25) is 0 Å². The number of hydrogen-bond donors (Lipinski definition) is 2. The Labute approximate surface area is 286 Å². The first kappa shape index (κ1) is 32.0. The zero-order chi connectivity index (χ0) is 33.9. The molecule has 0 radical (unpaired) electrons. The van der Waals surface area contributed by atoms with Crippen molar-refractivity contribution in [1.82, 2.24) is 25.1 Å². The number of likely N-dealkylation sites (N-methyl/N-ethyl adjacent to an activating group) is 1. The van der Waals surface area contributed by atoms with Crippen LogP contribution in [-0.4, -0.2) is 95.4 Å². The van der Waals surface area contributed by atoms with Gasteiger partial charge in [0.05, 0.1) is 12.2 Å². The molecule has 4 unspecified atom stereocenters. The highest BCUT2D eigenvalue weighted by atomic mass is 19.1. The van der Waals surface area contributed by atoms with Crippen molar-refractivity contribution in [3.63, 3.8) is 0 Å². The fraction of sp³-hybridized carbons (Fsp3) is 0.487. The quantitative estimate of drug-likeness (QED) is 0.311.